The van der Waals surface area contributed by atoms with Gasteiger partial charge >= 0.3 is 5.97 Å². The largest absolute Gasteiger partial charge is 0.480 e. The maximum absolute atomic E-state index is 9.99. The SMILES string of the molecule is NC(CCSO)C(=O)O. The second-order valence-corrected chi connectivity index (χ2v) is 2.23. The first-order valence-corrected chi connectivity index (χ1v) is 3.37. The van der Waals surface area contributed by atoms with Crippen molar-refractivity contribution in [1.29, 1.82) is 0 Å². The molecule has 0 aromatic rings. The Hall–Kier alpha value is -0.260. The Morgan fingerprint density at radius 1 is 1.78 bits per heavy atom. The van der Waals surface area contributed by atoms with E-state index in [4.69, 9.17) is 15.4 Å². The van der Waals surface area contributed by atoms with E-state index >= 15 is 0 Å². The lowest BCUT2D eigenvalue weighted by molar-refractivity contribution is -0.138. The molecule has 4 N–H and O–H groups in total. The number of hydrogen-bond acceptors (Lipinski definition) is 4. The highest BCUT2D eigenvalue weighted by atomic mass is 32.2. The van der Waals surface area contributed by atoms with Crippen LogP contribution in [0.3, 0.4) is 0 Å². The summed E-state index contributed by atoms with van der Waals surface area (Å²) in [6.07, 6.45) is 0.302. The number of aliphatic carboxylic acids is 1. The van der Waals surface area contributed by atoms with Crippen LogP contribution < -0.4 is 5.73 Å². The number of rotatable bonds is 4. The van der Waals surface area contributed by atoms with Crippen LogP contribution in [-0.4, -0.2) is 27.4 Å². The molecule has 0 aromatic carbocycles. The molecule has 0 spiro atoms. The number of carbonyl (C=O) groups is 1. The highest BCUT2D eigenvalue weighted by molar-refractivity contribution is 7.93. The zero-order chi connectivity index (χ0) is 7.28. The maximum atomic E-state index is 9.99. The van der Waals surface area contributed by atoms with Crippen molar-refractivity contribution in [2.75, 3.05) is 5.75 Å². The zero-order valence-electron chi connectivity index (χ0n) is 4.78. The minimum atomic E-state index is -1.02. The first-order chi connectivity index (χ1) is 4.18. The highest BCUT2D eigenvalue weighted by Crippen LogP contribution is 1.97. The number of carboxylic acids is 1. The second-order valence-electron chi connectivity index (χ2n) is 1.57. The number of carboxylic acid groups (broad SMARTS) is 1. The third-order valence-electron chi connectivity index (χ3n) is 0.837. The molecule has 0 saturated carbocycles. The van der Waals surface area contributed by atoms with Gasteiger partial charge in [-0.2, -0.15) is 0 Å². The smallest absolute Gasteiger partial charge is 0.320 e. The molecule has 0 fully saturated rings. The molecule has 54 valence electrons. The molecule has 0 amide bonds. The fourth-order valence-electron chi connectivity index (χ4n) is 0.303. The van der Waals surface area contributed by atoms with Crippen molar-refractivity contribution >= 4 is 18.0 Å². The molecule has 0 radical (unpaired) electrons. The van der Waals surface area contributed by atoms with Crippen molar-refractivity contribution in [1.82, 2.24) is 0 Å². The first-order valence-electron chi connectivity index (χ1n) is 2.43. The van der Waals surface area contributed by atoms with Gasteiger partial charge in [0.15, 0.2) is 0 Å². The van der Waals surface area contributed by atoms with Crippen LogP contribution in [0, 0.1) is 0 Å². The Labute approximate surface area is 57.3 Å². The van der Waals surface area contributed by atoms with Gasteiger partial charge in [0.05, 0.1) is 0 Å². The fraction of sp³-hybridized carbons (Fsp3) is 0.750. The molecule has 9 heavy (non-hydrogen) atoms. The summed E-state index contributed by atoms with van der Waals surface area (Å²) in [5, 5.41) is 8.19. The Morgan fingerprint density at radius 3 is 2.67 bits per heavy atom. The Bertz CT molecular complexity index is 97.8. The lowest BCUT2D eigenvalue weighted by Crippen LogP contribution is -2.30. The number of hydrogen-bond donors (Lipinski definition) is 3. The van der Waals surface area contributed by atoms with Crippen LogP contribution in [-0.2, 0) is 4.79 Å². The van der Waals surface area contributed by atoms with E-state index in [1.807, 2.05) is 0 Å². The van der Waals surface area contributed by atoms with Crippen molar-refractivity contribution in [3.05, 3.63) is 0 Å². The predicted octanol–water partition coefficient (Wildman–Crippen LogP) is -0.00540. The van der Waals surface area contributed by atoms with Crippen LogP contribution in [0.15, 0.2) is 0 Å². The van der Waals surface area contributed by atoms with Gasteiger partial charge in [-0.15, -0.1) is 0 Å². The molecule has 1 unspecified atom stereocenters. The van der Waals surface area contributed by atoms with E-state index in [9.17, 15) is 4.79 Å². The number of nitrogens with two attached hydrogens (primary N) is 1. The third kappa shape index (κ3) is 4.26. The molecular weight excluding hydrogens is 142 g/mol. The zero-order valence-corrected chi connectivity index (χ0v) is 5.60. The van der Waals surface area contributed by atoms with Gasteiger partial charge in [-0.05, 0) is 18.5 Å². The summed E-state index contributed by atoms with van der Waals surface area (Å²) < 4.78 is 8.17. The van der Waals surface area contributed by atoms with Crippen molar-refractivity contribution in [2.24, 2.45) is 5.73 Å². The van der Waals surface area contributed by atoms with Gasteiger partial charge in [0, 0.05) is 5.75 Å². The molecule has 0 aliphatic heterocycles. The van der Waals surface area contributed by atoms with Gasteiger partial charge in [0.1, 0.15) is 6.04 Å². The van der Waals surface area contributed by atoms with E-state index in [0.717, 1.165) is 0 Å². The summed E-state index contributed by atoms with van der Waals surface area (Å²) in [5.74, 6) is -0.656. The van der Waals surface area contributed by atoms with Gasteiger partial charge in [-0.25, -0.2) is 0 Å². The van der Waals surface area contributed by atoms with Crippen LogP contribution in [0.2, 0.25) is 0 Å². The molecule has 0 heterocycles. The fourth-order valence-corrected chi connectivity index (χ4v) is 0.662. The lowest BCUT2D eigenvalue weighted by atomic mass is 10.2. The topological polar surface area (TPSA) is 83.5 Å². The Morgan fingerprint density at radius 2 is 2.33 bits per heavy atom. The van der Waals surface area contributed by atoms with Crippen LogP contribution in [0.4, 0.5) is 0 Å². The maximum Gasteiger partial charge on any atom is 0.320 e. The average Bonchev–Trinajstić information content (AvgIpc) is 1.82. The van der Waals surface area contributed by atoms with E-state index in [0.29, 0.717) is 24.2 Å². The van der Waals surface area contributed by atoms with Gasteiger partial charge in [0.25, 0.3) is 0 Å². The van der Waals surface area contributed by atoms with E-state index < -0.39 is 12.0 Å². The van der Waals surface area contributed by atoms with E-state index in [2.05, 4.69) is 0 Å². The van der Waals surface area contributed by atoms with Crippen LogP contribution in [0.5, 0.6) is 0 Å². The van der Waals surface area contributed by atoms with Crippen LogP contribution in [0.25, 0.3) is 0 Å². The molecule has 0 aliphatic rings. The van der Waals surface area contributed by atoms with Gasteiger partial charge in [-0.3, -0.25) is 4.79 Å². The quantitative estimate of drug-likeness (QED) is 0.492. The van der Waals surface area contributed by atoms with Gasteiger partial charge in [0.2, 0.25) is 0 Å². The van der Waals surface area contributed by atoms with Crippen molar-refractivity contribution < 1.29 is 14.5 Å². The van der Waals surface area contributed by atoms with Gasteiger partial charge in [-0.1, -0.05) is 0 Å². The predicted molar refractivity (Wildman–Crippen MR) is 35.3 cm³/mol. The van der Waals surface area contributed by atoms with Crippen molar-refractivity contribution in [3.8, 4) is 0 Å². The summed E-state index contributed by atoms with van der Waals surface area (Å²) in [6, 6.07) is -0.843. The second kappa shape index (κ2) is 4.60. The summed E-state index contributed by atoms with van der Waals surface area (Å²) in [5.41, 5.74) is 5.08. The molecule has 0 aliphatic carbocycles. The standard InChI is InChI=1S/C4H9NO3S/c5-3(4(6)7)1-2-9-8/h3,8H,1-2,5H2,(H,6,7). The molecule has 1 atom stereocenters. The molecule has 0 bridgehead atoms. The molecule has 4 nitrogen and oxygen atoms in total. The summed E-state index contributed by atoms with van der Waals surface area (Å²) in [4.78, 5) is 9.99. The highest BCUT2D eigenvalue weighted by Gasteiger charge is 2.09. The van der Waals surface area contributed by atoms with E-state index in [1.54, 1.807) is 0 Å². The molecular formula is C4H9NO3S. The monoisotopic (exact) mass is 151 g/mol. The minimum Gasteiger partial charge on any atom is -0.480 e. The van der Waals surface area contributed by atoms with Gasteiger partial charge < -0.3 is 15.4 Å². The molecule has 0 saturated heterocycles. The first kappa shape index (κ1) is 8.74. The summed E-state index contributed by atoms with van der Waals surface area (Å²) >= 11 is 0.604. The Kier molecular flexibility index (Phi) is 4.47. The van der Waals surface area contributed by atoms with Crippen molar-refractivity contribution in [2.45, 2.75) is 12.5 Å². The molecule has 5 heteroatoms. The molecule has 0 rings (SSSR count). The summed E-state index contributed by atoms with van der Waals surface area (Å²) in [7, 11) is 0. The van der Waals surface area contributed by atoms with E-state index in [-0.39, 0.29) is 0 Å². The van der Waals surface area contributed by atoms with Crippen LogP contribution >= 0.6 is 12.0 Å². The van der Waals surface area contributed by atoms with E-state index in [1.165, 1.54) is 0 Å². The average molecular weight is 151 g/mol. The lowest BCUT2D eigenvalue weighted by Gasteiger charge is -2.01. The summed E-state index contributed by atoms with van der Waals surface area (Å²) in [6.45, 7) is 0. The Balaban J connectivity index is 3.27. The van der Waals surface area contributed by atoms with Crippen molar-refractivity contribution in [3.63, 3.8) is 0 Å². The third-order valence-corrected chi connectivity index (χ3v) is 1.26. The minimum absolute atomic E-state index is 0.302. The normalized spacial score (nSPS) is 13.1. The van der Waals surface area contributed by atoms with Crippen LogP contribution in [0.1, 0.15) is 6.42 Å². The molecule has 0 aromatic heterocycles.